The lowest BCUT2D eigenvalue weighted by atomic mass is 10.0. The fraction of sp³-hybridized carbons (Fsp3) is 0.966. The van der Waals surface area contributed by atoms with Gasteiger partial charge in [-0.15, -0.1) is 0 Å². The SMILES string of the molecule is CCCCCCCCCCCCCCCCCC(=O)NC(CO)C(O)CCCCCCCC. The van der Waals surface area contributed by atoms with Gasteiger partial charge in [0, 0.05) is 6.42 Å². The van der Waals surface area contributed by atoms with Crippen molar-refractivity contribution < 1.29 is 15.0 Å². The number of aliphatic hydroxyl groups is 2. The molecule has 0 bridgehead atoms. The maximum Gasteiger partial charge on any atom is 0.220 e. The van der Waals surface area contributed by atoms with Crippen LogP contribution >= 0.6 is 0 Å². The van der Waals surface area contributed by atoms with E-state index in [2.05, 4.69) is 19.2 Å². The number of carbonyl (C=O) groups excluding carboxylic acids is 1. The highest BCUT2D eigenvalue weighted by molar-refractivity contribution is 5.76. The van der Waals surface area contributed by atoms with E-state index in [1.807, 2.05) is 0 Å². The molecule has 0 fully saturated rings. The fourth-order valence-corrected chi connectivity index (χ4v) is 4.53. The molecule has 0 heterocycles. The van der Waals surface area contributed by atoms with Crippen LogP contribution in [0.25, 0.3) is 0 Å². The first-order valence-corrected chi connectivity index (χ1v) is 14.7. The van der Waals surface area contributed by atoms with E-state index >= 15 is 0 Å². The van der Waals surface area contributed by atoms with Crippen molar-refractivity contribution in [3.8, 4) is 0 Å². The summed E-state index contributed by atoms with van der Waals surface area (Å²) in [6.45, 7) is 4.29. The zero-order valence-electron chi connectivity index (χ0n) is 22.4. The van der Waals surface area contributed by atoms with E-state index in [-0.39, 0.29) is 12.5 Å². The Hall–Kier alpha value is -0.610. The number of amides is 1. The van der Waals surface area contributed by atoms with Gasteiger partial charge in [0.15, 0.2) is 0 Å². The van der Waals surface area contributed by atoms with E-state index < -0.39 is 12.1 Å². The van der Waals surface area contributed by atoms with Gasteiger partial charge in [-0.2, -0.15) is 0 Å². The number of nitrogens with one attached hydrogen (secondary N) is 1. The molecule has 0 aromatic heterocycles. The van der Waals surface area contributed by atoms with E-state index in [1.165, 1.54) is 109 Å². The Morgan fingerprint density at radius 1 is 0.606 bits per heavy atom. The molecule has 2 unspecified atom stereocenters. The highest BCUT2D eigenvalue weighted by atomic mass is 16.3. The second-order valence-corrected chi connectivity index (χ2v) is 10.2. The third-order valence-electron chi connectivity index (χ3n) is 6.87. The van der Waals surface area contributed by atoms with Gasteiger partial charge in [0.25, 0.3) is 0 Å². The lowest BCUT2D eigenvalue weighted by Gasteiger charge is -2.22. The predicted molar refractivity (Wildman–Crippen MR) is 143 cm³/mol. The lowest BCUT2D eigenvalue weighted by molar-refractivity contribution is -0.123. The fourth-order valence-electron chi connectivity index (χ4n) is 4.53. The summed E-state index contributed by atoms with van der Waals surface area (Å²) in [6.07, 6.45) is 27.3. The molecule has 0 spiro atoms. The van der Waals surface area contributed by atoms with Crippen LogP contribution in [0.15, 0.2) is 0 Å². The van der Waals surface area contributed by atoms with E-state index in [4.69, 9.17) is 0 Å². The summed E-state index contributed by atoms with van der Waals surface area (Å²) in [7, 11) is 0. The summed E-state index contributed by atoms with van der Waals surface area (Å²) in [5, 5.41) is 22.7. The quantitative estimate of drug-likeness (QED) is 0.113. The Bertz CT molecular complexity index is 402. The van der Waals surface area contributed by atoms with Gasteiger partial charge in [0.2, 0.25) is 5.91 Å². The molecule has 33 heavy (non-hydrogen) atoms. The molecule has 2 atom stereocenters. The summed E-state index contributed by atoms with van der Waals surface area (Å²) in [6, 6.07) is -0.524. The molecule has 0 rings (SSSR count). The largest absolute Gasteiger partial charge is 0.394 e. The lowest BCUT2D eigenvalue weighted by Crippen LogP contribution is -2.45. The number of hydrogen-bond donors (Lipinski definition) is 3. The minimum atomic E-state index is -0.647. The molecule has 4 heteroatoms. The molecule has 1 amide bonds. The van der Waals surface area contributed by atoms with Crippen LogP contribution in [0, 0.1) is 0 Å². The van der Waals surface area contributed by atoms with Gasteiger partial charge in [-0.1, -0.05) is 142 Å². The molecule has 0 radical (unpaired) electrons. The Morgan fingerprint density at radius 3 is 1.36 bits per heavy atom. The molecule has 0 saturated carbocycles. The Morgan fingerprint density at radius 2 is 0.970 bits per heavy atom. The monoisotopic (exact) mass is 469 g/mol. The third kappa shape index (κ3) is 22.9. The number of aliphatic hydroxyl groups excluding tert-OH is 2. The van der Waals surface area contributed by atoms with Crippen LogP contribution < -0.4 is 5.32 Å². The third-order valence-corrected chi connectivity index (χ3v) is 6.87. The van der Waals surface area contributed by atoms with Gasteiger partial charge in [0.1, 0.15) is 0 Å². The average molecular weight is 470 g/mol. The van der Waals surface area contributed by atoms with Crippen LogP contribution in [-0.4, -0.2) is 34.9 Å². The van der Waals surface area contributed by atoms with Gasteiger partial charge >= 0.3 is 0 Å². The normalized spacial score (nSPS) is 13.2. The average Bonchev–Trinajstić information content (AvgIpc) is 2.82. The number of hydrogen-bond acceptors (Lipinski definition) is 3. The van der Waals surface area contributed by atoms with E-state index in [9.17, 15) is 15.0 Å². The zero-order valence-corrected chi connectivity index (χ0v) is 22.4. The molecule has 3 N–H and O–H groups in total. The second kappa shape index (κ2) is 26.0. The van der Waals surface area contributed by atoms with Crippen molar-refractivity contribution in [3.05, 3.63) is 0 Å². The molecule has 0 aliphatic heterocycles. The van der Waals surface area contributed by atoms with E-state index in [0.717, 1.165) is 25.7 Å². The zero-order chi connectivity index (χ0) is 24.4. The van der Waals surface area contributed by atoms with Crippen molar-refractivity contribution in [1.82, 2.24) is 5.32 Å². The molecular weight excluding hydrogens is 410 g/mol. The van der Waals surface area contributed by atoms with Crippen molar-refractivity contribution in [2.75, 3.05) is 6.61 Å². The topological polar surface area (TPSA) is 69.6 Å². The van der Waals surface area contributed by atoms with Crippen LogP contribution in [-0.2, 0) is 4.79 Å². The van der Waals surface area contributed by atoms with Crippen molar-refractivity contribution in [3.63, 3.8) is 0 Å². The summed E-state index contributed by atoms with van der Waals surface area (Å²) < 4.78 is 0. The van der Waals surface area contributed by atoms with Crippen LogP contribution in [0.5, 0.6) is 0 Å². The highest BCUT2D eigenvalue weighted by Crippen LogP contribution is 2.14. The summed E-state index contributed by atoms with van der Waals surface area (Å²) in [5.74, 6) is -0.0364. The van der Waals surface area contributed by atoms with Crippen molar-refractivity contribution in [1.29, 1.82) is 0 Å². The maximum absolute atomic E-state index is 12.2. The number of unbranched alkanes of at least 4 members (excludes halogenated alkanes) is 19. The minimum absolute atomic E-state index is 0.0364. The summed E-state index contributed by atoms with van der Waals surface area (Å²) in [4.78, 5) is 12.2. The number of carbonyl (C=O) groups is 1. The molecule has 4 nitrogen and oxygen atoms in total. The predicted octanol–water partition coefficient (Wildman–Crippen LogP) is 7.84. The first-order chi connectivity index (χ1) is 16.2. The van der Waals surface area contributed by atoms with Gasteiger partial charge in [-0.05, 0) is 12.8 Å². The van der Waals surface area contributed by atoms with Crippen LogP contribution in [0.2, 0.25) is 0 Å². The number of rotatable bonds is 26. The molecule has 0 aliphatic rings. The summed E-state index contributed by atoms with van der Waals surface area (Å²) in [5.41, 5.74) is 0. The van der Waals surface area contributed by atoms with Gasteiger partial charge in [-0.3, -0.25) is 4.79 Å². The maximum atomic E-state index is 12.2. The van der Waals surface area contributed by atoms with Crippen molar-refractivity contribution in [2.45, 2.75) is 174 Å². The Kier molecular flexibility index (Phi) is 25.5. The molecule has 0 aliphatic carbocycles. The van der Waals surface area contributed by atoms with Gasteiger partial charge in [-0.25, -0.2) is 0 Å². The van der Waals surface area contributed by atoms with E-state index in [0.29, 0.717) is 12.8 Å². The molecule has 198 valence electrons. The minimum Gasteiger partial charge on any atom is -0.394 e. The van der Waals surface area contributed by atoms with Crippen LogP contribution in [0.1, 0.15) is 162 Å². The second-order valence-electron chi connectivity index (χ2n) is 10.2. The van der Waals surface area contributed by atoms with Crippen LogP contribution in [0.3, 0.4) is 0 Å². The molecule has 0 aromatic carbocycles. The summed E-state index contributed by atoms with van der Waals surface area (Å²) >= 11 is 0. The van der Waals surface area contributed by atoms with E-state index in [1.54, 1.807) is 0 Å². The van der Waals surface area contributed by atoms with Crippen LogP contribution in [0.4, 0.5) is 0 Å². The smallest absolute Gasteiger partial charge is 0.220 e. The molecule has 0 saturated heterocycles. The highest BCUT2D eigenvalue weighted by Gasteiger charge is 2.19. The standard InChI is InChI=1S/C29H59NO3/c1-3-5-7-9-11-12-13-14-15-16-17-18-19-21-23-25-29(33)30-27(26-31)28(32)24-22-20-10-8-6-4-2/h27-28,31-32H,3-26H2,1-2H3,(H,30,33). The Balaban J connectivity index is 3.51. The molecule has 0 aromatic rings. The van der Waals surface area contributed by atoms with Crippen molar-refractivity contribution >= 4 is 5.91 Å². The first-order valence-electron chi connectivity index (χ1n) is 14.7. The van der Waals surface area contributed by atoms with Crippen molar-refractivity contribution in [2.24, 2.45) is 0 Å². The first kappa shape index (κ1) is 32.4. The Labute approximate surface area is 206 Å². The van der Waals surface area contributed by atoms with Gasteiger partial charge in [0.05, 0.1) is 18.8 Å². The molecular formula is C29H59NO3. The van der Waals surface area contributed by atoms with Gasteiger partial charge < -0.3 is 15.5 Å².